The molecule has 1 atom stereocenters. The predicted octanol–water partition coefficient (Wildman–Crippen LogP) is 4.06. The van der Waals surface area contributed by atoms with Crippen LogP contribution in [-0.2, 0) is 26.0 Å². The molecular formula is C19H22BrNO5S2. The van der Waals surface area contributed by atoms with Crippen LogP contribution in [0.5, 0.6) is 0 Å². The summed E-state index contributed by atoms with van der Waals surface area (Å²) < 4.78 is 39.2. The number of hydrogen-bond donors (Lipinski definition) is 0. The van der Waals surface area contributed by atoms with E-state index in [2.05, 4.69) is 15.9 Å². The minimum absolute atomic E-state index is 0.104. The number of carbonyl (C=O) groups excluding carboxylic acids is 1. The summed E-state index contributed by atoms with van der Waals surface area (Å²) in [6.45, 7) is 3.22. The van der Waals surface area contributed by atoms with Crippen molar-refractivity contribution in [2.45, 2.75) is 37.3 Å². The van der Waals surface area contributed by atoms with Crippen molar-refractivity contribution in [1.29, 1.82) is 0 Å². The Morgan fingerprint density at radius 1 is 1.39 bits per heavy atom. The van der Waals surface area contributed by atoms with Crippen LogP contribution in [0.4, 0.5) is 0 Å². The van der Waals surface area contributed by atoms with E-state index in [0.717, 1.165) is 17.7 Å². The van der Waals surface area contributed by atoms with Gasteiger partial charge in [-0.2, -0.15) is 4.31 Å². The van der Waals surface area contributed by atoms with Gasteiger partial charge in [0.05, 0.1) is 23.2 Å². The van der Waals surface area contributed by atoms with Gasteiger partial charge < -0.3 is 9.47 Å². The summed E-state index contributed by atoms with van der Waals surface area (Å²) in [6.07, 6.45) is 1.68. The maximum absolute atomic E-state index is 13.4. The van der Waals surface area contributed by atoms with Gasteiger partial charge in [0.2, 0.25) is 10.0 Å². The first kappa shape index (κ1) is 21.4. The van der Waals surface area contributed by atoms with Crippen LogP contribution in [0.15, 0.2) is 45.1 Å². The quantitative estimate of drug-likeness (QED) is 0.525. The van der Waals surface area contributed by atoms with Gasteiger partial charge in [-0.1, -0.05) is 6.07 Å². The highest BCUT2D eigenvalue weighted by molar-refractivity contribution is 9.10. The smallest absolute Gasteiger partial charge is 0.338 e. The molecule has 1 aromatic heterocycles. The lowest BCUT2D eigenvalue weighted by Crippen LogP contribution is -2.37. The van der Waals surface area contributed by atoms with Crippen molar-refractivity contribution < 1.29 is 22.7 Å². The lowest BCUT2D eigenvalue weighted by molar-refractivity contribution is 0.0526. The van der Waals surface area contributed by atoms with Crippen LogP contribution in [0.1, 0.15) is 35.0 Å². The molecule has 2 heterocycles. The molecule has 2 aromatic rings. The van der Waals surface area contributed by atoms with Crippen molar-refractivity contribution in [3.05, 3.63) is 50.6 Å². The summed E-state index contributed by atoms with van der Waals surface area (Å²) >= 11 is 4.84. The van der Waals surface area contributed by atoms with E-state index in [1.165, 1.54) is 33.8 Å². The Morgan fingerprint density at radius 2 is 2.21 bits per heavy atom. The zero-order valence-corrected chi connectivity index (χ0v) is 18.7. The van der Waals surface area contributed by atoms with Gasteiger partial charge in [0.25, 0.3) is 0 Å². The molecule has 1 aliphatic heterocycles. The fourth-order valence-electron chi connectivity index (χ4n) is 3.03. The molecule has 0 radical (unpaired) electrons. The number of carbonyl (C=O) groups is 1. The maximum Gasteiger partial charge on any atom is 0.338 e. The highest BCUT2D eigenvalue weighted by atomic mass is 79.9. The second kappa shape index (κ2) is 9.49. The molecule has 0 spiro atoms. The molecule has 3 rings (SSSR count). The highest BCUT2D eigenvalue weighted by Gasteiger charge is 2.31. The Labute approximate surface area is 177 Å². The van der Waals surface area contributed by atoms with Gasteiger partial charge in [0, 0.05) is 29.0 Å². The molecule has 1 unspecified atom stereocenters. The van der Waals surface area contributed by atoms with Gasteiger partial charge in [0.1, 0.15) is 0 Å². The van der Waals surface area contributed by atoms with Crippen LogP contribution < -0.4 is 0 Å². The summed E-state index contributed by atoms with van der Waals surface area (Å²) in [4.78, 5) is 13.0. The topological polar surface area (TPSA) is 72.9 Å². The molecule has 1 aliphatic rings. The number of thiophene rings is 1. The number of ether oxygens (including phenoxy) is 2. The fraction of sp³-hybridized carbons (Fsp3) is 0.421. The Morgan fingerprint density at radius 3 is 2.82 bits per heavy atom. The Bertz CT molecular complexity index is 908. The molecule has 0 bridgehead atoms. The zero-order valence-electron chi connectivity index (χ0n) is 15.5. The molecule has 1 aromatic carbocycles. The number of hydrogen-bond acceptors (Lipinski definition) is 6. The molecule has 0 aliphatic carbocycles. The van der Waals surface area contributed by atoms with Gasteiger partial charge in [0.15, 0.2) is 0 Å². The van der Waals surface area contributed by atoms with E-state index in [-0.39, 0.29) is 24.2 Å². The number of benzene rings is 1. The summed E-state index contributed by atoms with van der Waals surface area (Å²) in [5, 5.41) is 1.93. The number of halogens is 1. The van der Waals surface area contributed by atoms with Gasteiger partial charge in [-0.25, -0.2) is 13.2 Å². The van der Waals surface area contributed by atoms with Crippen LogP contribution in [0.2, 0.25) is 0 Å². The predicted molar refractivity (Wildman–Crippen MR) is 111 cm³/mol. The molecule has 1 saturated heterocycles. The molecular weight excluding hydrogens is 466 g/mol. The third-order valence-electron chi connectivity index (χ3n) is 4.40. The Kier molecular flexibility index (Phi) is 7.27. The van der Waals surface area contributed by atoms with Crippen molar-refractivity contribution in [3.8, 4) is 0 Å². The Balaban J connectivity index is 1.90. The third-order valence-corrected chi connectivity index (χ3v) is 8.05. The molecule has 0 saturated carbocycles. The van der Waals surface area contributed by atoms with Gasteiger partial charge in [-0.05, 0) is 65.3 Å². The van der Waals surface area contributed by atoms with Crippen molar-refractivity contribution in [3.63, 3.8) is 0 Å². The van der Waals surface area contributed by atoms with Crippen LogP contribution >= 0.6 is 27.3 Å². The van der Waals surface area contributed by atoms with E-state index in [0.29, 0.717) is 23.2 Å². The lowest BCUT2D eigenvalue weighted by Gasteiger charge is -2.25. The van der Waals surface area contributed by atoms with Crippen LogP contribution in [0, 0.1) is 0 Å². The maximum atomic E-state index is 13.4. The number of sulfonamides is 1. The molecule has 0 N–H and O–H groups in total. The molecule has 6 nitrogen and oxygen atoms in total. The second-order valence-corrected chi connectivity index (χ2v) is 10.2. The van der Waals surface area contributed by atoms with Crippen molar-refractivity contribution >= 4 is 43.3 Å². The van der Waals surface area contributed by atoms with Crippen molar-refractivity contribution in [2.75, 3.05) is 19.8 Å². The van der Waals surface area contributed by atoms with Gasteiger partial charge in [-0.15, -0.1) is 11.3 Å². The van der Waals surface area contributed by atoms with Gasteiger partial charge >= 0.3 is 5.97 Å². The summed E-state index contributed by atoms with van der Waals surface area (Å²) in [5.74, 6) is -0.484. The molecule has 9 heteroatoms. The first-order valence-corrected chi connectivity index (χ1v) is 12.1. The fourth-order valence-corrected chi connectivity index (χ4v) is 6.32. The zero-order chi connectivity index (χ0) is 20.1. The highest BCUT2D eigenvalue weighted by Crippen LogP contribution is 2.29. The summed E-state index contributed by atoms with van der Waals surface area (Å²) in [7, 11) is -3.79. The summed E-state index contributed by atoms with van der Waals surface area (Å²) in [5.41, 5.74) is 0.302. The van der Waals surface area contributed by atoms with Crippen LogP contribution in [0.3, 0.4) is 0 Å². The normalized spacial score (nSPS) is 17.2. The molecule has 28 heavy (non-hydrogen) atoms. The van der Waals surface area contributed by atoms with E-state index in [1.807, 2.05) is 17.5 Å². The SMILES string of the molecule is CCOC(=O)c1ccc(S(=O)(=O)N(Cc2cccs2)CC2CCCO2)c(Br)c1. The van der Waals surface area contributed by atoms with Crippen LogP contribution in [-0.4, -0.2) is 44.6 Å². The standard InChI is InChI=1S/C19H22BrNO5S2/c1-2-25-19(22)14-7-8-18(17(20)11-14)28(23,24)21(12-15-5-3-9-26-15)13-16-6-4-10-27-16/h4,6-8,10-11,15H,2-3,5,9,12-13H2,1H3. The summed E-state index contributed by atoms with van der Waals surface area (Å²) in [6, 6.07) is 8.23. The average molecular weight is 488 g/mol. The van der Waals surface area contributed by atoms with Crippen molar-refractivity contribution in [1.82, 2.24) is 4.31 Å². The number of nitrogens with zero attached hydrogens (tertiary/aromatic N) is 1. The van der Waals surface area contributed by atoms with E-state index < -0.39 is 16.0 Å². The minimum Gasteiger partial charge on any atom is -0.462 e. The van der Waals surface area contributed by atoms with E-state index in [1.54, 1.807) is 6.92 Å². The second-order valence-electron chi connectivity index (χ2n) is 6.38. The monoisotopic (exact) mass is 487 g/mol. The first-order valence-electron chi connectivity index (χ1n) is 9.02. The van der Waals surface area contributed by atoms with Gasteiger partial charge in [-0.3, -0.25) is 0 Å². The lowest BCUT2D eigenvalue weighted by atomic mass is 10.2. The minimum atomic E-state index is -3.79. The number of rotatable bonds is 8. The average Bonchev–Trinajstić information content (AvgIpc) is 3.35. The molecule has 1 fully saturated rings. The molecule has 0 amide bonds. The van der Waals surface area contributed by atoms with Crippen LogP contribution in [0.25, 0.3) is 0 Å². The van der Waals surface area contributed by atoms with E-state index in [4.69, 9.17) is 9.47 Å². The van der Waals surface area contributed by atoms with Crippen molar-refractivity contribution in [2.24, 2.45) is 0 Å². The molecule has 152 valence electrons. The first-order chi connectivity index (χ1) is 13.4. The Hall–Kier alpha value is -1.26. The number of esters is 1. The van der Waals surface area contributed by atoms with E-state index >= 15 is 0 Å². The third kappa shape index (κ3) is 5.01. The van der Waals surface area contributed by atoms with E-state index in [9.17, 15) is 13.2 Å². The largest absolute Gasteiger partial charge is 0.462 e.